The number of anilines is 1. The van der Waals surface area contributed by atoms with Crippen molar-refractivity contribution in [3.8, 4) is 11.1 Å². The molecule has 3 aromatic carbocycles. The largest absolute Gasteiger partial charge is 0.477 e. The molecular formula is C30H28FN3O3. The summed E-state index contributed by atoms with van der Waals surface area (Å²) >= 11 is 0. The Hall–Kier alpha value is -3.97. The van der Waals surface area contributed by atoms with Gasteiger partial charge in [-0.2, -0.15) is 0 Å². The highest BCUT2D eigenvalue weighted by molar-refractivity contribution is 5.93. The summed E-state index contributed by atoms with van der Waals surface area (Å²) in [5.74, 6) is -1.77. The van der Waals surface area contributed by atoms with E-state index < -0.39 is 17.2 Å². The Morgan fingerprint density at radius 2 is 1.59 bits per heavy atom. The standard InChI is InChI=1S/C30H28FN3O3/c31-26-16-24-27(34(23-10-11-23)19-25(29(24)35)30(36)37)17-28(26)33-14-12-32(13-15-33)18-20-6-8-22(9-7-20)21-4-2-1-3-5-21/h1-9,16-17,19,23H,10-15,18H2,(H,36,37). The fourth-order valence-electron chi connectivity index (χ4n) is 5.25. The van der Waals surface area contributed by atoms with Crippen LogP contribution in [0.15, 0.2) is 77.7 Å². The fraction of sp³-hybridized carbons (Fsp3) is 0.267. The minimum absolute atomic E-state index is 0.130. The van der Waals surface area contributed by atoms with Gasteiger partial charge in [-0.3, -0.25) is 9.69 Å². The second-order valence-corrected chi connectivity index (χ2v) is 9.96. The zero-order valence-corrected chi connectivity index (χ0v) is 20.4. The summed E-state index contributed by atoms with van der Waals surface area (Å²) in [6.07, 6.45) is 3.27. The molecule has 0 amide bonds. The average molecular weight is 498 g/mol. The highest BCUT2D eigenvalue weighted by Gasteiger charge is 2.28. The van der Waals surface area contributed by atoms with Crippen LogP contribution in [0, 0.1) is 5.82 Å². The van der Waals surface area contributed by atoms with E-state index in [0.29, 0.717) is 24.3 Å². The number of rotatable bonds is 6. The summed E-state index contributed by atoms with van der Waals surface area (Å²) in [4.78, 5) is 28.7. The van der Waals surface area contributed by atoms with E-state index in [1.165, 1.54) is 29.0 Å². The topological polar surface area (TPSA) is 65.8 Å². The molecule has 6 rings (SSSR count). The van der Waals surface area contributed by atoms with Crippen molar-refractivity contribution in [2.75, 3.05) is 31.1 Å². The smallest absolute Gasteiger partial charge is 0.341 e. The van der Waals surface area contributed by atoms with Gasteiger partial charge in [0, 0.05) is 50.3 Å². The maximum atomic E-state index is 15.2. The van der Waals surface area contributed by atoms with Gasteiger partial charge in [-0.05, 0) is 41.7 Å². The summed E-state index contributed by atoms with van der Waals surface area (Å²) in [5, 5.41) is 9.59. The van der Waals surface area contributed by atoms with E-state index in [0.717, 1.165) is 32.5 Å². The van der Waals surface area contributed by atoms with Crippen molar-refractivity contribution in [2.45, 2.75) is 25.4 Å². The molecule has 1 aromatic heterocycles. The molecule has 1 N–H and O–H groups in total. The van der Waals surface area contributed by atoms with Gasteiger partial charge >= 0.3 is 5.97 Å². The molecule has 1 saturated heterocycles. The van der Waals surface area contributed by atoms with Gasteiger partial charge in [-0.15, -0.1) is 0 Å². The number of carboxylic acid groups (broad SMARTS) is 1. The third kappa shape index (κ3) is 4.62. The van der Waals surface area contributed by atoms with Crippen molar-refractivity contribution in [3.05, 3.63) is 100 Å². The van der Waals surface area contributed by atoms with E-state index in [1.807, 2.05) is 27.7 Å². The second-order valence-electron chi connectivity index (χ2n) is 9.96. The lowest BCUT2D eigenvalue weighted by molar-refractivity contribution is 0.0695. The van der Waals surface area contributed by atoms with E-state index in [1.54, 1.807) is 6.07 Å². The van der Waals surface area contributed by atoms with Crippen LogP contribution in [0.4, 0.5) is 10.1 Å². The minimum atomic E-state index is -1.28. The molecule has 0 bridgehead atoms. The van der Waals surface area contributed by atoms with Crippen LogP contribution in [-0.4, -0.2) is 46.7 Å². The molecule has 6 nitrogen and oxygen atoms in total. The maximum absolute atomic E-state index is 15.2. The van der Waals surface area contributed by atoms with Gasteiger partial charge in [0.1, 0.15) is 11.4 Å². The minimum Gasteiger partial charge on any atom is -0.477 e. The van der Waals surface area contributed by atoms with Crippen LogP contribution in [0.25, 0.3) is 22.0 Å². The zero-order valence-electron chi connectivity index (χ0n) is 20.4. The van der Waals surface area contributed by atoms with E-state index in [9.17, 15) is 14.7 Å². The first-order valence-electron chi connectivity index (χ1n) is 12.7. The molecule has 0 spiro atoms. The normalized spacial score (nSPS) is 16.3. The Bertz CT molecular complexity index is 1520. The third-order valence-corrected chi connectivity index (χ3v) is 7.45. The first-order chi connectivity index (χ1) is 18.0. The number of halogens is 1. The van der Waals surface area contributed by atoms with Crippen LogP contribution < -0.4 is 10.3 Å². The van der Waals surface area contributed by atoms with Crippen molar-refractivity contribution in [2.24, 2.45) is 0 Å². The van der Waals surface area contributed by atoms with Gasteiger partial charge in [-0.25, -0.2) is 9.18 Å². The number of nitrogens with zero attached hydrogens (tertiary/aromatic N) is 3. The quantitative estimate of drug-likeness (QED) is 0.399. The van der Waals surface area contributed by atoms with Crippen LogP contribution in [0.3, 0.4) is 0 Å². The number of hydrogen-bond acceptors (Lipinski definition) is 4. The number of fused-ring (bicyclic) bond motifs is 1. The van der Waals surface area contributed by atoms with E-state index in [-0.39, 0.29) is 17.0 Å². The molecule has 4 aromatic rings. The summed E-state index contributed by atoms with van der Waals surface area (Å²) < 4.78 is 17.1. The number of hydrogen-bond donors (Lipinski definition) is 1. The number of pyridine rings is 1. The van der Waals surface area contributed by atoms with E-state index in [2.05, 4.69) is 41.3 Å². The number of aromatic carboxylic acids is 1. The molecule has 7 heteroatoms. The van der Waals surface area contributed by atoms with Crippen LogP contribution in [-0.2, 0) is 6.54 Å². The van der Waals surface area contributed by atoms with Gasteiger partial charge in [0.2, 0.25) is 5.43 Å². The molecule has 37 heavy (non-hydrogen) atoms. The van der Waals surface area contributed by atoms with E-state index >= 15 is 4.39 Å². The van der Waals surface area contributed by atoms with Gasteiger partial charge in [0.05, 0.1) is 11.2 Å². The predicted octanol–water partition coefficient (Wildman–Crippen LogP) is 5.16. The van der Waals surface area contributed by atoms with E-state index in [4.69, 9.17) is 0 Å². The van der Waals surface area contributed by atoms with Crippen LogP contribution in [0.1, 0.15) is 34.8 Å². The molecule has 1 saturated carbocycles. The monoisotopic (exact) mass is 497 g/mol. The average Bonchev–Trinajstić information content (AvgIpc) is 3.76. The summed E-state index contributed by atoms with van der Waals surface area (Å²) in [7, 11) is 0. The van der Waals surface area contributed by atoms with Crippen molar-refractivity contribution < 1.29 is 14.3 Å². The van der Waals surface area contributed by atoms with Crippen molar-refractivity contribution in [3.63, 3.8) is 0 Å². The Kier molecular flexibility index (Phi) is 6.00. The molecule has 2 aliphatic rings. The Morgan fingerprint density at radius 1 is 0.919 bits per heavy atom. The van der Waals surface area contributed by atoms with Gasteiger partial charge < -0.3 is 14.6 Å². The number of aromatic nitrogens is 1. The Morgan fingerprint density at radius 3 is 2.24 bits per heavy atom. The summed E-state index contributed by atoms with van der Waals surface area (Å²) in [5.41, 5.74) is 3.77. The number of benzene rings is 3. The van der Waals surface area contributed by atoms with Crippen molar-refractivity contribution >= 4 is 22.6 Å². The number of piperazine rings is 1. The Labute approximate surface area is 214 Å². The molecule has 2 fully saturated rings. The highest BCUT2D eigenvalue weighted by atomic mass is 19.1. The maximum Gasteiger partial charge on any atom is 0.341 e. The van der Waals surface area contributed by atoms with Crippen LogP contribution >= 0.6 is 0 Å². The second kappa shape index (κ2) is 9.48. The lowest BCUT2D eigenvalue weighted by Crippen LogP contribution is -2.46. The highest BCUT2D eigenvalue weighted by Crippen LogP contribution is 2.38. The summed E-state index contributed by atoms with van der Waals surface area (Å²) in [6.45, 7) is 3.77. The zero-order chi connectivity index (χ0) is 25.5. The molecule has 1 aliphatic heterocycles. The molecule has 1 aliphatic carbocycles. The van der Waals surface area contributed by atoms with Crippen molar-refractivity contribution in [1.82, 2.24) is 9.47 Å². The molecular weight excluding hydrogens is 469 g/mol. The molecule has 2 heterocycles. The first-order valence-corrected chi connectivity index (χ1v) is 12.7. The third-order valence-electron chi connectivity index (χ3n) is 7.45. The predicted molar refractivity (Wildman–Crippen MR) is 143 cm³/mol. The molecule has 188 valence electrons. The first kappa shape index (κ1) is 23.4. The van der Waals surface area contributed by atoms with Gasteiger partial charge in [0.15, 0.2) is 0 Å². The molecule has 0 radical (unpaired) electrons. The van der Waals surface area contributed by atoms with Crippen molar-refractivity contribution in [1.29, 1.82) is 0 Å². The SMILES string of the molecule is O=C(O)c1cn(C2CC2)c2cc(N3CCN(Cc4ccc(-c5ccccc5)cc4)CC3)c(F)cc2c1=O. The van der Waals surface area contributed by atoms with Crippen LogP contribution in [0.5, 0.6) is 0 Å². The number of carbonyl (C=O) groups is 1. The van der Waals surface area contributed by atoms with Gasteiger partial charge in [0.25, 0.3) is 0 Å². The van der Waals surface area contributed by atoms with Gasteiger partial charge in [-0.1, -0.05) is 54.6 Å². The Balaban J connectivity index is 1.18. The lowest BCUT2D eigenvalue weighted by Gasteiger charge is -2.36. The molecule has 0 unspecified atom stereocenters. The number of carboxylic acids is 1. The fourth-order valence-corrected chi connectivity index (χ4v) is 5.25. The van der Waals surface area contributed by atoms with Crippen LogP contribution in [0.2, 0.25) is 0 Å². The molecule has 0 atom stereocenters. The lowest BCUT2D eigenvalue weighted by atomic mass is 10.0. The summed E-state index contributed by atoms with van der Waals surface area (Å²) in [6, 6.07) is 22.1.